The molecule has 0 spiro atoms. The molecule has 1 unspecified atom stereocenters. The van der Waals surface area contributed by atoms with Gasteiger partial charge in [0.2, 0.25) is 21.4 Å². The number of phenolic OH excluding ortho intramolecular Hbond substituents is 1. The summed E-state index contributed by atoms with van der Waals surface area (Å²) in [5, 5.41) is 26.8. The third-order valence-corrected chi connectivity index (χ3v) is 8.37. The molecule has 15 heteroatoms. The highest BCUT2D eigenvalue weighted by molar-refractivity contribution is 7.91. The lowest BCUT2D eigenvalue weighted by atomic mass is 10.1. The highest BCUT2D eigenvalue weighted by atomic mass is 32.2. The number of nitrogens with one attached hydrogen (secondary N) is 1. The van der Waals surface area contributed by atoms with Crippen LogP contribution in [0, 0.1) is 17.0 Å². The van der Waals surface area contributed by atoms with Crippen molar-refractivity contribution in [1.82, 2.24) is 9.88 Å². The molecular weight excluding hydrogens is 600 g/mol. The van der Waals surface area contributed by atoms with Crippen molar-refractivity contribution >= 4 is 27.9 Å². The maximum Gasteiger partial charge on any atom is 0.335 e. The molecule has 0 saturated heterocycles. The van der Waals surface area contributed by atoms with Gasteiger partial charge in [0, 0.05) is 23.9 Å². The number of sulfone groups is 1. The number of amidine groups is 1. The largest absolute Gasteiger partial charge is 0.504 e. The minimum Gasteiger partial charge on any atom is -0.504 e. The Labute approximate surface area is 249 Å². The number of aromatic nitrogens is 1. The van der Waals surface area contributed by atoms with E-state index in [9.17, 15) is 22.7 Å². The second kappa shape index (κ2) is 11.7. The van der Waals surface area contributed by atoms with Gasteiger partial charge in [-0.3, -0.25) is 15.3 Å². The third-order valence-electron chi connectivity index (χ3n) is 6.60. The monoisotopic (exact) mass is 623 g/mol. The van der Waals surface area contributed by atoms with Gasteiger partial charge >= 0.3 is 5.97 Å². The molecule has 5 rings (SSSR count). The van der Waals surface area contributed by atoms with E-state index in [4.69, 9.17) is 25.7 Å². The van der Waals surface area contributed by atoms with Gasteiger partial charge in [-0.05, 0) is 67.7 Å². The van der Waals surface area contributed by atoms with Crippen molar-refractivity contribution < 1.29 is 41.7 Å². The molecule has 0 fully saturated rings. The lowest BCUT2D eigenvalue weighted by Gasteiger charge is -2.22. The zero-order valence-electron chi connectivity index (χ0n) is 22.7. The molecule has 3 aromatic carbocycles. The summed E-state index contributed by atoms with van der Waals surface area (Å²) in [4.78, 5) is 20.5. The van der Waals surface area contributed by atoms with Crippen molar-refractivity contribution in [3.05, 3.63) is 95.2 Å². The number of hydrogen-bond acceptors (Lipinski definition) is 10. The van der Waals surface area contributed by atoms with Crippen LogP contribution in [0.5, 0.6) is 28.9 Å². The van der Waals surface area contributed by atoms with Crippen LogP contribution in [0.3, 0.4) is 0 Å². The number of aromatic hydroxyl groups is 1. The number of aliphatic imine (C=N–C) groups is 1. The highest BCUT2D eigenvalue weighted by Crippen LogP contribution is 2.41. The predicted octanol–water partition coefficient (Wildman–Crippen LogP) is 4.48. The number of pyridine rings is 1. The molecule has 0 radical (unpaired) electrons. The zero-order valence-corrected chi connectivity index (χ0v) is 23.5. The second-order valence-corrected chi connectivity index (χ2v) is 11.5. The summed E-state index contributed by atoms with van der Waals surface area (Å²) in [6, 6.07) is 12.0. The molecule has 1 aliphatic heterocycles. The first-order valence-electron chi connectivity index (χ1n) is 12.7. The molecule has 0 aliphatic carbocycles. The number of phenols is 1. The van der Waals surface area contributed by atoms with Crippen LogP contribution < -0.4 is 15.2 Å². The van der Waals surface area contributed by atoms with Gasteiger partial charge in [0.1, 0.15) is 17.8 Å². The molecule has 44 heavy (non-hydrogen) atoms. The molecule has 12 nitrogen and oxygen atoms in total. The van der Waals surface area contributed by atoms with E-state index in [1.54, 1.807) is 18.2 Å². The van der Waals surface area contributed by atoms with Crippen molar-refractivity contribution in [1.29, 1.82) is 5.41 Å². The summed E-state index contributed by atoms with van der Waals surface area (Å²) < 4.78 is 68.4. The average molecular weight is 624 g/mol. The van der Waals surface area contributed by atoms with Crippen LogP contribution in [0.25, 0.3) is 0 Å². The number of nitrogens with zero attached hydrogens (tertiary/aromatic N) is 3. The number of ether oxygens (including phenoxy) is 2. The summed E-state index contributed by atoms with van der Waals surface area (Å²) in [6.45, 7) is 0.399. The maximum absolute atomic E-state index is 15.6. The third kappa shape index (κ3) is 5.77. The number of nitrogen functional groups attached to an aromatic ring is 1. The normalized spacial score (nSPS) is 14.8. The summed E-state index contributed by atoms with van der Waals surface area (Å²) in [5.41, 5.74) is 5.69. The predicted molar refractivity (Wildman–Crippen MR) is 153 cm³/mol. The molecule has 5 N–H and O–H groups in total. The van der Waals surface area contributed by atoms with Gasteiger partial charge in [0.15, 0.2) is 17.3 Å². The molecule has 2 heterocycles. The van der Waals surface area contributed by atoms with E-state index in [1.165, 1.54) is 36.4 Å². The lowest BCUT2D eigenvalue weighted by Crippen LogP contribution is -2.20. The molecule has 226 valence electrons. The summed E-state index contributed by atoms with van der Waals surface area (Å²) >= 11 is 0. The van der Waals surface area contributed by atoms with Gasteiger partial charge < -0.3 is 25.4 Å². The number of carbonyl (C=O) groups is 1. The zero-order chi connectivity index (χ0) is 31.8. The Hall–Kier alpha value is -5.41. The summed E-state index contributed by atoms with van der Waals surface area (Å²) in [5.74, 6) is -6.70. The molecule has 1 atom stereocenters. The lowest BCUT2D eigenvalue weighted by molar-refractivity contribution is 0.0696. The number of nitrogens with two attached hydrogens (primary N) is 1. The van der Waals surface area contributed by atoms with Gasteiger partial charge in [0.05, 0.1) is 21.6 Å². The smallest absolute Gasteiger partial charge is 0.335 e. The molecule has 0 saturated carbocycles. The van der Waals surface area contributed by atoms with Crippen LogP contribution in [-0.4, -0.2) is 60.1 Å². The van der Waals surface area contributed by atoms with Gasteiger partial charge in [-0.1, -0.05) is 0 Å². The van der Waals surface area contributed by atoms with Crippen LogP contribution >= 0.6 is 0 Å². The van der Waals surface area contributed by atoms with Gasteiger partial charge in [-0.15, -0.1) is 0 Å². The average Bonchev–Trinajstić information content (AvgIpc) is 3.43. The maximum atomic E-state index is 15.6. The number of hydrogen-bond donors (Lipinski definition) is 4. The number of halogens is 2. The van der Waals surface area contributed by atoms with Gasteiger partial charge in [-0.25, -0.2) is 22.6 Å². The second-order valence-electron chi connectivity index (χ2n) is 9.53. The quantitative estimate of drug-likeness (QED) is 0.153. The fourth-order valence-corrected chi connectivity index (χ4v) is 5.58. The fraction of sp³-hybridized carbons (Fsp3) is 0.103. The van der Waals surface area contributed by atoms with Crippen molar-refractivity contribution in [3.63, 3.8) is 0 Å². The Bertz CT molecular complexity index is 1940. The number of benzene rings is 3. The van der Waals surface area contributed by atoms with Crippen molar-refractivity contribution in [2.24, 2.45) is 10.7 Å². The number of carboxylic acid groups (broad SMARTS) is 1. The Balaban J connectivity index is 1.54. The van der Waals surface area contributed by atoms with Crippen LogP contribution in [-0.2, 0) is 9.84 Å². The van der Waals surface area contributed by atoms with E-state index in [1.807, 2.05) is 0 Å². The van der Waals surface area contributed by atoms with Crippen LogP contribution in [0.1, 0.15) is 27.7 Å². The van der Waals surface area contributed by atoms with E-state index >= 15 is 4.39 Å². The molecule has 1 aromatic heterocycles. The van der Waals surface area contributed by atoms with Crippen LogP contribution in [0.2, 0.25) is 0 Å². The SMILES string of the molecule is CN1CC=NC1c1cc(S(=O)(=O)c2ccc(C(=O)O)cc2)ccc1Oc1c(F)cnc(Oc2cc(C(=N)N)ccc2O)c1F. The van der Waals surface area contributed by atoms with E-state index in [-0.39, 0.29) is 43.8 Å². The Morgan fingerprint density at radius 2 is 1.70 bits per heavy atom. The van der Waals surface area contributed by atoms with E-state index in [0.29, 0.717) is 12.7 Å². The van der Waals surface area contributed by atoms with Crippen molar-refractivity contribution in [2.45, 2.75) is 16.0 Å². The van der Waals surface area contributed by atoms with Crippen LogP contribution in [0.4, 0.5) is 8.78 Å². The highest BCUT2D eigenvalue weighted by Gasteiger charge is 2.29. The summed E-state index contributed by atoms with van der Waals surface area (Å²) in [7, 11) is -2.45. The number of aromatic carboxylic acids is 1. The van der Waals surface area contributed by atoms with Gasteiger partial charge in [0.25, 0.3) is 5.88 Å². The molecule has 1 aliphatic rings. The number of carboxylic acids is 1. The Kier molecular flexibility index (Phi) is 7.99. The van der Waals surface area contributed by atoms with Crippen LogP contribution in [0.15, 0.2) is 81.6 Å². The first-order chi connectivity index (χ1) is 20.9. The Morgan fingerprint density at radius 3 is 2.34 bits per heavy atom. The van der Waals surface area contributed by atoms with Gasteiger partial charge in [-0.2, -0.15) is 4.39 Å². The Morgan fingerprint density at radius 1 is 1.02 bits per heavy atom. The first kappa shape index (κ1) is 30.1. The standard InChI is InChI=1S/C29H23F2N5O7S/c1-36-11-10-34-27(36)19-13-18(44(40,41)17-5-2-15(3-6-17)29(38)39)7-9-22(19)42-25-20(30)14-35-28(24(25)31)43-23-12-16(26(32)33)4-8-21(23)37/h2-10,12-14,27,37H,11H2,1H3,(H3,32,33)(H,38,39). The van der Waals surface area contributed by atoms with Crippen molar-refractivity contribution in [2.75, 3.05) is 13.6 Å². The minimum absolute atomic E-state index is 0.0955. The van der Waals surface area contributed by atoms with E-state index in [0.717, 1.165) is 24.3 Å². The van der Waals surface area contributed by atoms with E-state index in [2.05, 4.69) is 9.98 Å². The van der Waals surface area contributed by atoms with Crippen molar-refractivity contribution in [3.8, 4) is 28.9 Å². The van der Waals surface area contributed by atoms with E-state index < -0.39 is 51.0 Å². The molecular formula is C29H23F2N5O7S. The molecule has 0 amide bonds. The minimum atomic E-state index is -4.16. The topological polar surface area (TPSA) is 188 Å². The molecule has 4 aromatic rings. The first-order valence-corrected chi connectivity index (χ1v) is 14.2. The molecule has 0 bridgehead atoms. The fourth-order valence-electron chi connectivity index (χ4n) is 4.28. The summed E-state index contributed by atoms with van der Waals surface area (Å²) in [6.07, 6.45) is 1.45. The number of rotatable bonds is 9.